The number of thioether (sulfide) groups is 1. The smallest absolute Gasteiger partial charge is 0.237 e. The van der Waals surface area contributed by atoms with E-state index in [1.807, 2.05) is 60.0 Å². The highest BCUT2D eigenvalue weighted by molar-refractivity contribution is 9.10. The number of hydrogen-bond acceptors (Lipinski definition) is 3. The molecule has 1 unspecified atom stereocenters. The molecule has 1 N–H and O–H groups in total. The molecule has 0 radical (unpaired) electrons. The lowest BCUT2D eigenvalue weighted by Crippen LogP contribution is -2.22. The van der Waals surface area contributed by atoms with Gasteiger partial charge in [-0.25, -0.2) is 4.98 Å². The second-order valence-electron chi connectivity index (χ2n) is 4.80. The number of halogens is 1. The zero-order valence-electron chi connectivity index (χ0n) is 11.9. The fourth-order valence-corrected chi connectivity index (χ4v) is 3.30. The molecule has 2 heterocycles. The van der Waals surface area contributed by atoms with Crippen molar-refractivity contribution in [2.75, 3.05) is 5.32 Å². The normalized spacial score (nSPS) is 12.3. The molecular weight excluding hydrogens is 362 g/mol. The minimum atomic E-state index is -0.246. The SMILES string of the molecule is CC(Sc1ncc2ccccn12)C(=O)Nc1cccc(Br)c1. The number of aromatic nitrogens is 2. The highest BCUT2D eigenvalue weighted by Crippen LogP contribution is 2.24. The Morgan fingerprint density at radius 2 is 2.18 bits per heavy atom. The molecule has 6 heteroatoms. The van der Waals surface area contributed by atoms with Gasteiger partial charge in [0.25, 0.3) is 0 Å². The first kappa shape index (κ1) is 15.1. The molecule has 112 valence electrons. The summed E-state index contributed by atoms with van der Waals surface area (Å²) in [5, 5.41) is 3.48. The molecule has 1 aromatic carbocycles. The fourth-order valence-electron chi connectivity index (χ4n) is 2.03. The van der Waals surface area contributed by atoms with E-state index in [1.54, 1.807) is 6.20 Å². The summed E-state index contributed by atoms with van der Waals surface area (Å²) in [4.78, 5) is 16.7. The summed E-state index contributed by atoms with van der Waals surface area (Å²) >= 11 is 4.83. The molecule has 0 aliphatic carbocycles. The quantitative estimate of drug-likeness (QED) is 0.694. The number of amides is 1. The van der Waals surface area contributed by atoms with Crippen LogP contribution in [0.15, 0.2) is 64.5 Å². The van der Waals surface area contributed by atoms with Crippen molar-refractivity contribution < 1.29 is 4.79 Å². The molecule has 3 rings (SSSR count). The summed E-state index contributed by atoms with van der Waals surface area (Å²) in [7, 11) is 0. The van der Waals surface area contributed by atoms with Gasteiger partial charge in [0.2, 0.25) is 5.91 Å². The number of nitrogens with one attached hydrogen (secondary N) is 1. The maximum absolute atomic E-state index is 12.3. The van der Waals surface area contributed by atoms with Crippen LogP contribution in [0.5, 0.6) is 0 Å². The first-order valence-corrected chi connectivity index (χ1v) is 8.46. The predicted molar refractivity (Wildman–Crippen MR) is 93.3 cm³/mol. The van der Waals surface area contributed by atoms with Crippen LogP contribution >= 0.6 is 27.7 Å². The largest absolute Gasteiger partial charge is 0.325 e. The summed E-state index contributed by atoms with van der Waals surface area (Å²) in [5.74, 6) is -0.0456. The van der Waals surface area contributed by atoms with E-state index in [4.69, 9.17) is 0 Å². The molecule has 4 nitrogen and oxygen atoms in total. The Kier molecular flexibility index (Phi) is 4.49. The third kappa shape index (κ3) is 3.34. The van der Waals surface area contributed by atoms with Gasteiger partial charge in [-0.3, -0.25) is 9.20 Å². The maximum Gasteiger partial charge on any atom is 0.237 e. The molecule has 0 spiro atoms. The Labute approximate surface area is 141 Å². The molecule has 1 amide bonds. The van der Waals surface area contributed by atoms with Gasteiger partial charge in [-0.1, -0.05) is 39.8 Å². The van der Waals surface area contributed by atoms with Crippen LogP contribution < -0.4 is 5.32 Å². The number of imidazole rings is 1. The molecule has 2 aromatic heterocycles. The van der Waals surface area contributed by atoms with Crippen LogP contribution in [0.1, 0.15) is 6.92 Å². The van der Waals surface area contributed by atoms with Crippen LogP contribution in [0.25, 0.3) is 5.52 Å². The monoisotopic (exact) mass is 375 g/mol. The van der Waals surface area contributed by atoms with Crippen LogP contribution in [-0.4, -0.2) is 20.5 Å². The van der Waals surface area contributed by atoms with E-state index in [0.717, 1.165) is 20.8 Å². The van der Waals surface area contributed by atoms with Crippen LogP contribution in [0.2, 0.25) is 0 Å². The third-order valence-corrected chi connectivity index (χ3v) is 4.72. The Bertz CT molecular complexity index is 818. The van der Waals surface area contributed by atoms with Gasteiger partial charge in [0.15, 0.2) is 5.16 Å². The van der Waals surface area contributed by atoms with Crippen molar-refractivity contribution in [3.05, 3.63) is 59.3 Å². The van der Waals surface area contributed by atoms with E-state index >= 15 is 0 Å². The van der Waals surface area contributed by atoms with E-state index in [1.165, 1.54) is 11.8 Å². The highest BCUT2D eigenvalue weighted by Gasteiger charge is 2.17. The number of carbonyl (C=O) groups excluding carboxylic acids is 1. The van der Waals surface area contributed by atoms with Crippen LogP contribution in [0.4, 0.5) is 5.69 Å². The lowest BCUT2D eigenvalue weighted by molar-refractivity contribution is -0.115. The maximum atomic E-state index is 12.3. The molecule has 0 aliphatic rings. The van der Waals surface area contributed by atoms with Crippen molar-refractivity contribution in [1.29, 1.82) is 0 Å². The Balaban J connectivity index is 1.71. The average molecular weight is 376 g/mol. The summed E-state index contributed by atoms with van der Waals surface area (Å²) < 4.78 is 2.91. The van der Waals surface area contributed by atoms with E-state index < -0.39 is 0 Å². The zero-order chi connectivity index (χ0) is 15.5. The van der Waals surface area contributed by atoms with Gasteiger partial charge in [-0.2, -0.15) is 0 Å². The topological polar surface area (TPSA) is 46.4 Å². The molecule has 0 fully saturated rings. The summed E-state index contributed by atoms with van der Waals surface area (Å²) in [6.07, 6.45) is 3.75. The van der Waals surface area contributed by atoms with E-state index in [0.29, 0.717) is 0 Å². The zero-order valence-corrected chi connectivity index (χ0v) is 14.3. The molecule has 0 saturated carbocycles. The van der Waals surface area contributed by atoms with Crippen molar-refractivity contribution in [3.8, 4) is 0 Å². The van der Waals surface area contributed by atoms with E-state index in [9.17, 15) is 4.79 Å². The molecule has 0 aliphatic heterocycles. The molecule has 0 saturated heterocycles. The van der Waals surface area contributed by atoms with Crippen LogP contribution in [0, 0.1) is 0 Å². The Morgan fingerprint density at radius 3 is 3.00 bits per heavy atom. The lowest BCUT2D eigenvalue weighted by Gasteiger charge is -2.11. The first-order valence-electron chi connectivity index (χ1n) is 6.78. The lowest BCUT2D eigenvalue weighted by atomic mass is 10.3. The standard InChI is InChI=1S/C16H14BrN3OS/c1-11(15(21)19-13-6-4-5-12(17)9-13)22-16-18-10-14-7-2-3-8-20(14)16/h2-11H,1H3,(H,19,21). The summed E-state index contributed by atoms with van der Waals surface area (Å²) in [6.45, 7) is 1.88. The number of rotatable bonds is 4. The minimum absolute atomic E-state index is 0.0456. The van der Waals surface area contributed by atoms with E-state index in [-0.39, 0.29) is 11.2 Å². The van der Waals surface area contributed by atoms with Gasteiger partial charge in [0, 0.05) is 16.4 Å². The van der Waals surface area contributed by atoms with Gasteiger partial charge < -0.3 is 5.32 Å². The first-order chi connectivity index (χ1) is 10.6. The highest BCUT2D eigenvalue weighted by atomic mass is 79.9. The number of anilines is 1. The molecular formula is C16H14BrN3OS. The van der Waals surface area contributed by atoms with Crippen molar-refractivity contribution in [3.63, 3.8) is 0 Å². The number of pyridine rings is 1. The van der Waals surface area contributed by atoms with Crippen molar-refractivity contribution >= 4 is 44.8 Å². The van der Waals surface area contributed by atoms with Crippen molar-refractivity contribution in [1.82, 2.24) is 9.38 Å². The number of benzene rings is 1. The predicted octanol–water partition coefficient (Wildman–Crippen LogP) is 4.22. The van der Waals surface area contributed by atoms with Gasteiger partial charge in [0.1, 0.15) is 0 Å². The van der Waals surface area contributed by atoms with E-state index in [2.05, 4.69) is 26.2 Å². The molecule has 22 heavy (non-hydrogen) atoms. The fraction of sp³-hybridized carbons (Fsp3) is 0.125. The Morgan fingerprint density at radius 1 is 1.32 bits per heavy atom. The van der Waals surface area contributed by atoms with Gasteiger partial charge >= 0.3 is 0 Å². The number of carbonyl (C=O) groups is 1. The number of nitrogens with zero attached hydrogens (tertiary/aromatic N) is 2. The van der Waals surface area contributed by atoms with Crippen LogP contribution in [-0.2, 0) is 4.79 Å². The molecule has 3 aromatic rings. The summed E-state index contributed by atoms with van der Waals surface area (Å²) in [6, 6.07) is 13.5. The number of fused-ring (bicyclic) bond motifs is 1. The van der Waals surface area contributed by atoms with Crippen molar-refractivity contribution in [2.24, 2.45) is 0 Å². The second kappa shape index (κ2) is 6.54. The molecule has 1 atom stereocenters. The molecule has 0 bridgehead atoms. The third-order valence-electron chi connectivity index (χ3n) is 3.15. The van der Waals surface area contributed by atoms with Crippen LogP contribution in [0.3, 0.4) is 0 Å². The minimum Gasteiger partial charge on any atom is -0.325 e. The van der Waals surface area contributed by atoms with Gasteiger partial charge in [-0.15, -0.1) is 0 Å². The van der Waals surface area contributed by atoms with Crippen molar-refractivity contribution in [2.45, 2.75) is 17.3 Å². The summed E-state index contributed by atoms with van der Waals surface area (Å²) in [5.41, 5.74) is 1.80. The number of hydrogen-bond donors (Lipinski definition) is 1. The second-order valence-corrected chi connectivity index (χ2v) is 7.02. The Hall–Kier alpha value is -1.79. The van der Waals surface area contributed by atoms with Gasteiger partial charge in [0.05, 0.1) is 17.0 Å². The van der Waals surface area contributed by atoms with Gasteiger partial charge in [-0.05, 0) is 37.3 Å². The average Bonchev–Trinajstić information content (AvgIpc) is 2.90.